The van der Waals surface area contributed by atoms with Gasteiger partial charge in [0.15, 0.2) is 6.29 Å². The second-order valence-corrected chi connectivity index (χ2v) is 4.65. The molecule has 2 aromatic rings. The Morgan fingerprint density at radius 3 is 2.69 bits per heavy atom. The summed E-state index contributed by atoms with van der Waals surface area (Å²) in [5.41, 5.74) is 2.69. The summed E-state index contributed by atoms with van der Waals surface area (Å²) in [6.07, 6.45) is 0.889. The van der Waals surface area contributed by atoms with Gasteiger partial charge in [-0.1, -0.05) is 30.0 Å². The zero-order chi connectivity index (χ0) is 11.0. The number of aldehydes is 1. The van der Waals surface area contributed by atoms with Gasteiger partial charge in [-0.3, -0.25) is 4.79 Å². The SMILES string of the molecule is O=Cc1cccc2c1Nc1ccccc1S2. The molecule has 0 bridgehead atoms. The molecule has 2 nitrogen and oxygen atoms in total. The largest absolute Gasteiger partial charge is 0.353 e. The van der Waals surface area contributed by atoms with Crippen LogP contribution in [0.1, 0.15) is 10.4 Å². The predicted octanol–water partition coefficient (Wildman–Crippen LogP) is 3.71. The first-order chi connectivity index (χ1) is 7.88. The van der Waals surface area contributed by atoms with E-state index < -0.39 is 0 Å². The molecule has 78 valence electrons. The fourth-order valence-corrected chi connectivity index (χ4v) is 2.81. The van der Waals surface area contributed by atoms with Gasteiger partial charge >= 0.3 is 0 Å². The molecule has 1 aliphatic rings. The van der Waals surface area contributed by atoms with E-state index in [-0.39, 0.29) is 0 Å². The third-order valence-corrected chi connectivity index (χ3v) is 3.69. The van der Waals surface area contributed by atoms with E-state index in [2.05, 4.69) is 11.4 Å². The average Bonchev–Trinajstić information content (AvgIpc) is 2.35. The van der Waals surface area contributed by atoms with Crippen LogP contribution in [-0.4, -0.2) is 6.29 Å². The lowest BCUT2D eigenvalue weighted by Crippen LogP contribution is -2.02. The van der Waals surface area contributed by atoms with Gasteiger partial charge in [0.2, 0.25) is 0 Å². The van der Waals surface area contributed by atoms with Gasteiger partial charge in [-0.15, -0.1) is 0 Å². The molecule has 0 radical (unpaired) electrons. The average molecular weight is 227 g/mol. The molecule has 0 amide bonds. The Kier molecular flexibility index (Phi) is 2.18. The van der Waals surface area contributed by atoms with Crippen LogP contribution >= 0.6 is 11.8 Å². The van der Waals surface area contributed by atoms with Crippen LogP contribution in [0, 0.1) is 0 Å². The van der Waals surface area contributed by atoms with Crippen molar-refractivity contribution < 1.29 is 4.79 Å². The zero-order valence-electron chi connectivity index (χ0n) is 8.44. The molecule has 0 fully saturated rings. The summed E-state index contributed by atoms with van der Waals surface area (Å²) in [5, 5.41) is 3.31. The van der Waals surface area contributed by atoms with Crippen LogP contribution < -0.4 is 5.32 Å². The van der Waals surface area contributed by atoms with E-state index in [4.69, 9.17) is 0 Å². The Balaban J connectivity index is 2.15. The summed E-state index contributed by atoms with van der Waals surface area (Å²) in [5.74, 6) is 0. The van der Waals surface area contributed by atoms with Crippen molar-refractivity contribution in [2.45, 2.75) is 9.79 Å². The maximum atomic E-state index is 10.9. The van der Waals surface area contributed by atoms with Crippen LogP contribution in [0.2, 0.25) is 0 Å². The van der Waals surface area contributed by atoms with E-state index in [0.717, 1.165) is 22.6 Å². The third-order valence-electron chi connectivity index (χ3n) is 2.55. The number of fused-ring (bicyclic) bond motifs is 2. The van der Waals surface area contributed by atoms with Crippen LogP contribution in [0.4, 0.5) is 11.4 Å². The number of hydrogen-bond donors (Lipinski definition) is 1. The van der Waals surface area contributed by atoms with Gasteiger partial charge in [0.1, 0.15) is 0 Å². The lowest BCUT2D eigenvalue weighted by atomic mass is 10.2. The number of nitrogens with one attached hydrogen (secondary N) is 1. The number of benzene rings is 2. The van der Waals surface area contributed by atoms with Crippen molar-refractivity contribution in [1.29, 1.82) is 0 Å². The van der Waals surface area contributed by atoms with E-state index >= 15 is 0 Å². The van der Waals surface area contributed by atoms with E-state index in [9.17, 15) is 4.79 Å². The standard InChI is InChI=1S/C13H9NOS/c15-8-9-4-3-7-12-13(9)14-10-5-1-2-6-11(10)16-12/h1-8,14H. The molecule has 16 heavy (non-hydrogen) atoms. The lowest BCUT2D eigenvalue weighted by Gasteiger charge is -2.21. The maximum absolute atomic E-state index is 10.9. The van der Waals surface area contributed by atoms with Crippen molar-refractivity contribution in [2.75, 3.05) is 5.32 Å². The zero-order valence-corrected chi connectivity index (χ0v) is 9.25. The Bertz CT molecular complexity index is 566. The van der Waals surface area contributed by atoms with Crippen molar-refractivity contribution in [3.63, 3.8) is 0 Å². The highest BCUT2D eigenvalue weighted by atomic mass is 32.2. The van der Waals surface area contributed by atoms with E-state index in [1.807, 2.05) is 36.4 Å². The molecule has 0 unspecified atom stereocenters. The number of anilines is 2. The Morgan fingerprint density at radius 2 is 1.81 bits per heavy atom. The van der Waals surface area contributed by atoms with Crippen LogP contribution in [0.15, 0.2) is 52.3 Å². The van der Waals surface area contributed by atoms with Crippen LogP contribution in [0.3, 0.4) is 0 Å². The molecule has 3 rings (SSSR count). The highest BCUT2D eigenvalue weighted by Crippen LogP contribution is 2.44. The Hall–Kier alpha value is -1.74. The van der Waals surface area contributed by atoms with E-state index in [1.165, 1.54) is 4.90 Å². The van der Waals surface area contributed by atoms with Gasteiger partial charge in [-0.25, -0.2) is 0 Å². The number of carbonyl (C=O) groups excluding carboxylic acids is 1. The van der Waals surface area contributed by atoms with Crippen molar-refractivity contribution in [2.24, 2.45) is 0 Å². The predicted molar refractivity (Wildman–Crippen MR) is 65.7 cm³/mol. The van der Waals surface area contributed by atoms with Gasteiger partial charge in [0, 0.05) is 15.4 Å². The van der Waals surface area contributed by atoms with E-state index in [0.29, 0.717) is 5.56 Å². The molecule has 3 heteroatoms. The second kappa shape index (κ2) is 3.68. The molecule has 0 atom stereocenters. The smallest absolute Gasteiger partial charge is 0.152 e. The number of para-hydroxylation sites is 2. The monoisotopic (exact) mass is 227 g/mol. The first-order valence-corrected chi connectivity index (χ1v) is 5.82. The van der Waals surface area contributed by atoms with Crippen LogP contribution in [0.25, 0.3) is 0 Å². The second-order valence-electron chi connectivity index (χ2n) is 3.56. The molecule has 1 aliphatic heterocycles. The van der Waals surface area contributed by atoms with E-state index in [1.54, 1.807) is 11.8 Å². The molecule has 0 saturated carbocycles. The van der Waals surface area contributed by atoms with Gasteiger partial charge in [0.25, 0.3) is 0 Å². The highest BCUT2D eigenvalue weighted by molar-refractivity contribution is 7.99. The number of rotatable bonds is 1. The van der Waals surface area contributed by atoms with Gasteiger partial charge in [0.05, 0.1) is 11.4 Å². The number of carbonyl (C=O) groups is 1. The summed E-state index contributed by atoms with van der Waals surface area (Å²) < 4.78 is 0. The maximum Gasteiger partial charge on any atom is 0.152 e. The molecular weight excluding hydrogens is 218 g/mol. The summed E-state index contributed by atoms with van der Waals surface area (Å²) in [6, 6.07) is 13.9. The fraction of sp³-hybridized carbons (Fsp3) is 0. The molecular formula is C13H9NOS. The third kappa shape index (κ3) is 1.41. The fourth-order valence-electron chi connectivity index (χ4n) is 1.78. The van der Waals surface area contributed by atoms with Crippen molar-refractivity contribution in [1.82, 2.24) is 0 Å². The van der Waals surface area contributed by atoms with Crippen LogP contribution in [0.5, 0.6) is 0 Å². The quantitative estimate of drug-likeness (QED) is 0.642. The first kappa shape index (κ1) is 9.48. The molecule has 0 aliphatic carbocycles. The topological polar surface area (TPSA) is 29.1 Å². The molecule has 1 N–H and O–H groups in total. The van der Waals surface area contributed by atoms with Crippen molar-refractivity contribution in [3.05, 3.63) is 48.0 Å². The first-order valence-electron chi connectivity index (χ1n) is 5.00. The Labute approximate surface area is 97.7 Å². The summed E-state index contributed by atoms with van der Waals surface area (Å²) in [4.78, 5) is 13.2. The minimum Gasteiger partial charge on any atom is -0.353 e. The van der Waals surface area contributed by atoms with Crippen molar-refractivity contribution >= 4 is 29.4 Å². The van der Waals surface area contributed by atoms with Gasteiger partial charge in [-0.05, 0) is 24.3 Å². The van der Waals surface area contributed by atoms with Crippen molar-refractivity contribution in [3.8, 4) is 0 Å². The van der Waals surface area contributed by atoms with Gasteiger partial charge < -0.3 is 5.32 Å². The Morgan fingerprint density at radius 1 is 1.00 bits per heavy atom. The minimum absolute atomic E-state index is 0.708. The van der Waals surface area contributed by atoms with Crippen LogP contribution in [-0.2, 0) is 0 Å². The summed E-state index contributed by atoms with van der Waals surface area (Å²) >= 11 is 1.69. The summed E-state index contributed by atoms with van der Waals surface area (Å²) in [7, 11) is 0. The highest BCUT2D eigenvalue weighted by Gasteiger charge is 2.17. The normalized spacial score (nSPS) is 12.2. The summed E-state index contributed by atoms with van der Waals surface area (Å²) in [6.45, 7) is 0. The minimum atomic E-state index is 0.708. The molecule has 0 saturated heterocycles. The molecule has 0 spiro atoms. The lowest BCUT2D eigenvalue weighted by molar-refractivity contribution is 0.112. The number of hydrogen-bond acceptors (Lipinski definition) is 3. The molecule has 2 aromatic carbocycles. The molecule has 1 heterocycles. The molecule has 0 aromatic heterocycles. The van der Waals surface area contributed by atoms with Gasteiger partial charge in [-0.2, -0.15) is 0 Å².